The van der Waals surface area contributed by atoms with Gasteiger partial charge < -0.3 is 4.90 Å². The first-order valence-corrected chi connectivity index (χ1v) is 10.6. The summed E-state index contributed by atoms with van der Waals surface area (Å²) in [5, 5.41) is 17.8. The van der Waals surface area contributed by atoms with E-state index in [1.807, 2.05) is 78.9 Å². The van der Waals surface area contributed by atoms with Crippen LogP contribution in [0.15, 0.2) is 115 Å². The zero-order chi connectivity index (χ0) is 22.9. The lowest BCUT2D eigenvalue weighted by Crippen LogP contribution is -2.09. The molecule has 0 amide bonds. The summed E-state index contributed by atoms with van der Waals surface area (Å²) in [6, 6.07) is 40.6. The molecule has 0 aliphatic rings. The van der Waals surface area contributed by atoms with E-state index in [-0.39, 0.29) is 5.57 Å². The fourth-order valence-electron chi connectivity index (χ4n) is 3.49. The molecule has 4 aromatic rings. The van der Waals surface area contributed by atoms with Crippen LogP contribution in [0.25, 0.3) is 18.2 Å². The van der Waals surface area contributed by atoms with E-state index >= 15 is 0 Å². The summed E-state index contributed by atoms with van der Waals surface area (Å²) in [6.45, 7) is 0. The highest BCUT2D eigenvalue weighted by atomic mass is 15.1. The van der Waals surface area contributed by atoms with E-state index in [9.17, 15) is 0 Å². The first-order valence-electron chi connectivity index (χ1n) is 10.6. The van der Waals surface area contributed by atoms with Gasteiger partial charge in [0, 0.05) is 17.1 Å². The zero-order valence-electron chi connectivity index (χ0n) is 18.0. The lowest BCUT2D eigenvalue weighted by Gasteiger charge is -2.25. The van der Waals surface area contributed by atoms with E-state index in [1.54, 1.807) is 6.08 Å². The van der Waals surface area contributed by atoms with Crippen molar-refractivity contribution in [1.82, 2.24) is 0 Å². The van der Waals surface area contributed by atoms with Gasteiger partial charge in [0.05, 0.1) is 0 Å². The second kappa shape index (κ2) is 10.4. The van der Waals surface area contributed by atoms with Crippen molar-refractivity contribution in [2.45, 2.75) is 0 Å². The van der Waals surface area contributed by atoms with Crippen molar-refractivity contribution in [3.05, 3.63) is 131 Å². The number of hydrogen-bond acceptors (Lipinski definition) is 3. The topological polar surface area (TPSA) is 50.8 Å². The van der Waals surface area contributed by atoms with Gasteiger partial charge >= 0.3 is 0 Å². The van der Waals surface area contributed by atoms with Gasteiger partial charge in [-0.15, -0.1) is 0 Å². The fraction of sp³-hybridized carbons (Fsp3) is 0. The molecular formula is C30H21N3. The highest BCUT2D eigenvalue weighted by Crippen LogP contribution is 2.34. The van der Waals surface area contributed by atoms with Gasteiger partial charge in [0.2, 0.25) is 0 Å². The van der Waals surface area contributed by atoms with Crippen LogP contribution in [0.3, 0.4) is 0 Å². The van der Waals surface area contributed by atoms with Crippen molar-refractivity contribution in [1.29, 1.82) is 10.5 Å². The first kappa shape index (κ1) is 21.4. The Morgan fingerprint density at radius 1 is 0.515 bits per heavy atom. The van der Waals surface area contributed by atoms with Crippen LogP contribution < -0.4 is 4.90 Å². The van der Waals surface area contributed by atoms with Crippen LogP contribution in [0.4, 0.5) is 17.1 Å². The third kappa shape index (κ3) is 5.44. The molecule has 0 bridgehead atoms. The molecule has 0 saturated heterocycles. The molecule has 3 heteroatoms. The van der Waals surface area contributed by atoms with E-state index < -0.39 is 0 Å². The predicted octanol–water partition coefficient (Wildman–Crippen LogP) is 7.76. The number of nitriles is 2. The van der Waals surface area contributed by atoms with Gasteiger partial charge in [-0.25, -0.2) is 0 Å². The van der Waals surface area contributed by atoms with Crippen LogP contribution in [0.2, 0.25) is 0 Å². The van der Waals surface area contributed by atoms with Crippen LogP contribution >= 0.6 is 0 Å². The third-order valence-electron chi connectivity index (χ3n) is 5.14. The summed E-state index contributed by atoms with van der Waals surface area (Å²) in [7, 11) is 0. The van der Waals surface area contributed by atoms with Crippen LogP contribution in [0.5, 0.6) is 0 Å². The molecule has 0 heterocycles. The minimum absolute atomic E-state index is 0.0958. The maximum absolute atomic E-state index is 8.88. The average molecular weight is 424 g/mol. The minimum Gasteiger partial charge on any atom is -0.311 e. The molecule has 156 valence electrons. The molecule has 0 aliphatic heterocycles. The van der Waals surface area contributed by atoms with E-state index in [1.165, 1.54) is 0 Å². The summed E-state index contributed by atoms with van der Waals surface area (Å²) >= 11 is 0. The number of hydrogen-bond donors (Lipinski definition) is 0. The van der Waals surface area contributed by atoms with Crippen molar-refractivity contribution >= 4 is 35.3 Å². The maximum atomic E-state index is 8.88. The average Bonchev–Trinajstić information content (AvgIpc) is 2.89. The smallest absolute Gasteiger partial charge is 0.130 e. The predicted molar refractivity (Wildman–Crippen MR) is 136 cm³/mol. The molecule has 0 fully saturated rings. The number of nitrogens with zero attached hydrogens (tertiary/aromatic N) is 3. The quantitative estimate of drug-likeness (QED) is 0.235. The van der Waals surface area contributed by atoms with Crippen LogP contribution in [-0.4, -0.2) is 0 Å². The number of anilines is 3. The molecular weight excluding hydrogens is 402 g/mol. The van der Waals surface area contributed by atoms with Gasteiger partial charge in [-0.05, 0) is 59.2 Å². The van der Waals surface area contributed by atoms with Crippen molar-refractivity contribution < 1.29 is 0 Å². The standard InChI is InChI=1S/C30H21N3/c31-22-27(23-32)21-26-15-13-24(14-16-26)11-12-25-17-19-30(20-18-25)33(28-7-3-1-4-8-28)29-9-5-2-6-10-29/h1-21H. The van der Waals surface area contributed by atoms with E-state index in [0.29, 0.717) is 0 Å². The van der Waals surface area contributed by atoms with Crippen molar-refractivity contribution in [3.8, 4) is 12.1 Å². The lowest BCUT2D eigenvalue weighted by molar-refractivity contribution is 1.28. The van der Waals surface area contributed by atoms with Crippen molar-refractivity contribution in [2.75, 3.05) is 4.90 Å². The van der Waals surface area contributed by atoms with Crippen LogP contribution in [0.1, 0.15) is 16.7 Å². The van der Waals surface area contributed by atoms with Crippen LogP contribution in [-0.2, 0) is 0 Å². The van der Waals surface area contributed by atoms with Gasteiger partial charge in [-0.2, -0.15) is 10.5 Å². The molecule has 0 N–H and O–H groups in total. The highest BCUT2D eigenvalue weighted by molar-refractivity contribution is 5.78. The summed E-state index contributed by atoms with van der Waals surface area (Å²) in [5.74, 6) is 0. The Morgan fingerprint density at radius 3 is 1.36 bits per heavy atom. The SMILES string of the molecule is N#CC(C#N)=Cc1ccc(C=Cc2ccc(N(c3ccccc3)c3ccccc3)cc2)cc1. The third-order valence-corrected chi connectivity index (χ3v) is 5.14. The Bertz CT molecular complexity index is 1280. The Morgan fingerprint density at radius 2 is 0.909 bits per heavy atom. The fourth-order valence-corrected chi connectivity index (χ4v) is 3.49. The van der Waals surface area contributed by atoms with Crippen molar-refractivity contribution in [2.24, 2.45) is 0 Å². The highest BCUT2D eigenvalue weighted by Gasteiger charge is 2.11. The Kier molecular flexibility index (Phi) is 6.76. The number of para-hydroxylation sites is 2. The minimum atomic E-state index is 0.0958. The molecule has 4 rings (SSSR count). The first-order chi connectivity index (χ1) is 16.3. The maximum Gasteiger partial charge on any atom is 0.130 e. The second-order valence-electron chi connectivity index (χ2n) is 7.38. The van der Waals surface area contributed by atoms with Gasteiger partial charge in [-0.3, -0.25) is 0 Å². The largest absolute Gasteiger partial charge is 0.311 e. The van der Waals surface area contributed by atoms with E-state index in [2.05, 4.69) is 59.5 Å². The van der Waals surface area contributed by atoms with Gasteiger partial charge in [0.1, 0.15) is 17.7 Å². The number of rotatable bonds is 6. The van der Waals surface area contributed by atoms with Gasteiger partial charge in [-0.1, -0.05) is 84.9 Å². The van der Waals surface area contributed by atoms with Gasteiger partial charge in [0.25, 0.3) is 0 Å². The molecule has 0 aromatic heterocycles. The van der Waals surface area contributed by atoms with Crippen LogP contribution in [0, 0.1) is 22.7 Å². The molecule has 0 unspecified atom stereocenters. The molecule has 0 aliphatic carbocycles. The molecule has 3 nitrogen and oxygen atoms in total. The number of benzene rings is 4. The monoisotopic (exact) mass is 423 g/mol. The Hall–Kier alpha value is -4.86. The molecule has 0 atom stereocenters. The Balaban J connectivity index is 1.54. The summed E-state index contributed by atoms with van der Waals surface area (Å²) in [4.78, 5) is 2.23. The molecule has 4 aromatic carbocycles. The zero-order valence-corrected chi connectivity index (χ0v) is 18.0. The summed E-state index contributed by atoms with van der Waals surface area (Å²) in [6.07, 6.45) is 5.70. The van der Waals surface area contributed by atoms with E-state index in [4.69, 9.17) is 10.5 Å². The lowest BCUT2D eigenvalue weighted by atomic mass is 10.1. The molecule has 0 radical (unpaired) electrons. The summed E-state index contributed by atoms with van der Waals surface area (Å²) < 4.78 is 0. The Labute approximate surface area is 194 Å². The van der Waals surface area contributed by atoms with E-state index in [0.717, 1.165) is 33.8 Å². The molecule has 0 saturated carbocycles. The number of allylic oxidation sites excluding steroid dienone is 1. The van der Waals surface area contributed by atoms with Gasteiger partial charge in [0.15, 0.2) is 0 Å². The van der Waals surface area contributed by atoms with Crippen molar-refractivity contribution in [3.63, 3.8) is 0 Å². The second-order valence-corrected chi connectivity index (χ2v) is 7.38. The molecule has 0 spiro atoms. The summed E-state index contributed by atoms with van der Waals surface area (Å²) in [5.41, 5.74) is 6.37. The molecule has 33 heavy (non-hydrogen) atoms. The normalized spacial score (nSPS) is 10.2.